The van der Waals surface area contributed by atoms with Crippen molar-refractivity contribution in [2.24, 2.45) is 11.8 Å². The highest BCUT2D eigenvalue weighted by Crippen LogP contribution is 2.28. The predicted octanol–water partition coefficient (Wildman–Crippen LogP) is 2.12. The number of hydrogen-bond donors (Lipinski definition) is 1. The second kappa shape index (κ2) is 6.90. The molecule has 1 aromatic rings. The Balaban J connectivity index is 2.07. The summed E-state index contributed by atoms with van der Waals surface area (Å²) in [7, 11) is -1.39. The van der Waals surface area contributed by atoms with E-state index in [1.165, 1.54) is 5.56 Å². The van der Waals surface area contributed by atoms with Gasteiger partial charge in [-0.05, 0) is 56.0 Å². The van der Waals surface area contributed by atoms with Crippen molar-refractivity contribution in [2.75, 3.05) is 26.7 Å². The van der Waals surface area contributed by atoms with Crippen molar-refractivity contribution in [3.8, 4) is 0 Å². The number of aryl methyl sites for hydroxylation is 1. The van der Waals surface area contributed by atoms with Crippen molar-refractivity contribution in [2.45, 2.75) is 31.6 Å². The lowest BCUT2D eigenvalue weighted by Crippen LogP contribution is -2.29. The van der Waals surface area contributed by atoms with Crippen LogP contribution in [-0.2, 0) is 16.4 Å². The summed E-state index contributed by atoms with van der Waals surface area (Å²) < 4.78 is 26.8. The fraction of sp³-hybridized carbons (Fsp3) is 0.625. The summed E-state index contributed by atoms with van der Waals surface area (Å²) in [5.74, 6) is 0.862. The molecule has 0 amide bonds. The van der Waals surface area contributed by atoms with Gasteiger partial charge in [-0.25, -0.2) is 8.42 Å². The standard InChI is InChI=1S/C16H26N2O2S/c1-13-11-18(12-14(13)2)21(19,20)16-8-6-15(7-9-16)5-4-10-17-3/h6-9,13-14,17H,4-5,10-12H2,1-3H3. The molecular formula is C16H26N2O2S. The number of hydrogen-bond acceptors (Lipinski definition) is 3. The van der Waals surface area contributed by atoms with Crippen LogP contribution in [0.15, 0.2) is 29.2 Å². The van der Waals surface area contributed by atoms with E-state index in [1.807, 2.05) is 19.2 Å². The number of nitrogens with zero attached hydrogens (tertiary/aromatic N) is 1. The summed E-state index contributed by atoms with van der Waals surface area (Å²) in [4.78, 5) is 0.418. The van der Waals surface area contributed by atoms with E-state index in [4.69, 9.17) is 0 Å². The second-order valence-electron chi connectivity index (χ2n) is 6.13. The molecule has 1 aromatic carbocycles. The molecule has 5 heteroatoms. The average Bonchev–Trinajstić information content (AvgIpc) is 2.80. The fourth-order valence-corrected chi connectivity index (χ4v) is 4.36. The molecule has 21 heavy (non-hydrogen) atoms. The summed E-state index contributed by atoms with van der Waals surface area (Å²) in [5, 5.41) is 3.12. The van der Waals surface area contributed by atoms with Crippen LogP contribution in [0.4, 0.5) is 0 Å². The lowest BCUT2D eigenvalue weighted by atomic mass is 10.0. The zero-order valence-corrected chi connectivity index (χ0v) is 14.0. The van der Waals surface area contributed by atoms with E-state index in [9.17, 15) is 8.42 Å². The Morgan fingerprint density at radius 2 is 1.71 bits per heavy atom. The largest absolute Gasteiger partial charge is 0.320 e. The van der Waals surface area contributed by atoms with E-state index < -0.39 is 10.0 Å². The molecule has 1 aliphatic heterocycles. The van der Waals surface area contributed by atoms with Gasteiger partial charge in [0.05, 0.1) is 4.90 Å². The smallest absolute Gasteiger partial charge is 0.243 e. The minimum Gasteiger partial charge on any atom is -0.320 e. The molecule has 1 saturated heterocycles. The molecule has 2 unspecified atom stereocenters. The van der Waals surface area contributed by atoms with E-state index in [2.05, 4.69) is 19.2 Å². The Kier molecular flexibility index (Phi) is 5.41. The first-order chi connectivity index (χ1) is 9.95. The van der Waals surface area contributed by atoms with Crippen LogP contribution in [0.3, 0.4) is 0 Å². The first-order valence-electron chi connectivity index (χ1n) is 7.69. The van der Waals surface area contributed by atoms with Gasteiger partial charge in [0.25, 0.3) is 0 Å². The van der Waals surface area contributed by atoms with Gasteiger partial charge < -0.3 is 5.32 Å². The topological polar surface area (TPSA) is 49.4 Å². The molecule has 0 bridgehead atoms. The Morgan fingerprint density at radius 1 is 1.14 bits per heavy atom. The van der Waals surface area contributed by atoms with E-state index in [0.717, 1.165) is 19.4 Å². The zero-order valence-electron chi connectivity index (χ0n) is 13.2. The molecule has 1 N–H and O–H groups in total. The van der Waals surface area contributed by atoms with Crippen LogP contribution in [0, 0.1) is 11.8 Å². The van der Waals surface area contributed by atoms with Crippen LogP contribution >= 0.6 is 0 Å². The van der Waals surface area contributed by atoms with Gasteiger partial charge in [0.15, 0.2) is 0 Å². The van der Waals surface area contributed by atoms with Crippen LogP contribution in [0.5, 0.6) is 0 Å². The highest BCUT2D eigenvalue weighted by molar-refractivity contribution is 7.89. The van der Waals surface area contributed by atoms with Crippen molar-refractivity contribution >= 4 is 10.0 Å². The Labute approximate surface area is 128 Å². The maximum atomic E-state index is 12.6. The predicted molar refractivity (Wildman–Crippen MR) is 85.8 cm³/mol. The first-order valence-corrected chi connectivity index (χ1v) is 9.13. The van der Waals surface area contributed by atoms with Crippen molar-refractivity contribution in [3.63, 3.8) is 0 Å². The number of rotatable bonds is 6. The van der Waals surface area contributed by atoms with Crippen LogP contribution < -0.4 is 5.32 Å². The third-order valence-electron chi connectivity index (χ3n) is 4.41. The zero-order chi connectivity index (χ0) is 15.5. The van der Waals surface area contributed by atoms with Gasteiger partial charge in [-0.3, -0.25) is 0 Å². The van der Waals surface area contributed by atoms with Gasteiger partial charge in [0, 0.05) is 13.1 Å². The normalized spacial score (nSPS) is 23.6. The molecule has 2 atom stereocenters. The Morgan fingerprint density at radius 3 is 2.24 bits per heavy atom. The lowest BCUT2D eigenvalue weighted by Gasteiger charge is -2.16. The van der Waals surface area contributed by atoms with Gasteiger partial charge in [-0.15, -0.1) is 0 Å². The van der Waals surface area contributed by atoms with Crippen LogP contribution in [0.2, 0.25) is 0 Å². The van der Waals surface area contributed by atoms with E-state index in [-0.39, 0.29) is 0 Å². The molecule has 118 valence electrons. The Hall–Kier alpha value is -0.910. The first kappa shape index (κ1) is 16.5. The number of nitrogens with one attached hydrogen (secondary N) is 1. The minimum atomic E-state index is -3.33. The molecule has 4 nitrogen and oxygen atoms in total. The molecule has 1 heterocycles. The van der Waals surface area contributed by atoms with Crippen molar-refractivity contribution in [1.82, 2.24) is 9.62 Å². The molecule has 2 rings (SSSR count). The molecule has 1 aliphatic rings. The highest BCUT2D eigenvalue weighted by atomic mass is 32.2. The molecular weight excluding hydrogens is 284 g/mol. The highest BCUT2D eigenvalue weighted by Gasteiger charge is 2.34. The summed E-state index contributed by atoms with van der Waals surface area (Å²) in [6.45, 7) is 6.47. The molecule has 0 spiro atoms. The summed E-state index contributed by atoms with van der Waals surface area (Å²) >= 11 is 0. The maximum Gasteiger partial charge on any atom is 0.243 e. The van der Waals surface area contributed by atoms with Crippen LogP contribution in [0.1, 0.15) is 25.8 Å². The SMILES string of the molecule is CNCCCc1ccc(S(=O)(=O)N2CC(C)C(C)C2)cc1. The Bertz CT molecular complexity index is 544. The van der Waals surface area contributed by atoms with Crippen molar-refractivity contribution in [3.05, 3.63) is 29.8 Å². The van der Waals surface area contributed by atoms with E-state index in [1.54, 1.807) is 16.4 Å². The molecule has 0 aliphatic carbocycles. The molecule has 0 saturated carbocycles. The molecule has 1 fully saturated rings. The van der Waals surface area contributed by atoms with Gasteiger partial charge in [0.2, 0.25) is 10.0 Å². The van der Waals surface area contributed by atoms with Gasteiger partial charge in [-0.1, -0.05) is 26.0 Å². The average molecular weight is 310 g/mol. The number of benzene rings is 1. The van der Waals surface area contributed by atoms with Gasteiger partial charge in [-0.2, -0.15) is 4.31 Å². The fourth-order valence-electron chi connectivity index (χ4n) is 2.72. The van der Waals surface area contributed by atoms with E-state index >= 15 is 0 Å². The van der Waals surface area contributed by atoms with Crippen LogP contribution in [0.25, 0.3) is 0 Å². The summed E-state index contributed by atoms with van der Waals surface area (Å²) in [6.07, 6.45) is 2.03. The van der Waals surface area contributed by atoms with Gasteiger partial charge in [0.1, 0.15) is 0 Å². The van der Waals surface area contributed by atoms with E-state index in [0.29, 0.717) is 29.8 Å². The molecule has 0 aromatic heterocycles. The van der Waals surface area contributed by atoms with Gasteiger partial charge >= 0.3 is 0 Å². The number of sulfonamides is 1. The quantitative estimate of drug-likeness (QED) is 0.819. The lowest BCUT2D eigenvalue weighted by molar-refractivity contribution is 0.463. The maximum absolute atomic E-state index is 12.6. The monoisotopic (exact) mass is 310 g/mol. The molecule has 0 radical (unpaired) electrons. The third-order valence-corrected chi connectivity index (χ3v) is 6.25. The van der Waals surface area contributed by atoms with Crippen LogP contribution in [-0.4, -0.2) is 39.4 Å². The van der Waals surface area contributed by atoms with Crippen molar-refractivity contribution < 1.29 is 8.42 Å². The summed E-state index contributed by atoms with van der Waals surface area (Å²) in [5.41, 5.74) is 1.19. The van der Waals surface area contributed by atoms with Crippen molar-refractivity contribution in [1.29, 1.82) is 0 Å². The second-order valence-corrected chi connectivity index (χ2v) is 8.07. The third kappa shape index (κ3) is 3.84. The summed E-state index contributed by atoms with van der Waals surface area (Å²) in [6, 6.07) is 7.37. The minimum absolute atomic E-state index is 0.418.